The summed E-state index contributed by atoms with van der Waals surface area (Å²) in [5.41, 5.74) is 4.00. The van der Waals surface area contributed by atoms with Gasteiger partial charge in [-0.15, -0.1) is 0 Å². The van der Waals surface area contributed by atoms with Crippen molar-refractivity contribution < 1.29 is 39.1 Å². The SMILES string of the molecule is COc1c(O)c2c(c(OC)c1OC)C[C@H]1C(=O)N3[C@@H](CO)c4c(c(O)c(C)c(C)c4OC)C[C@H]3[C@@H]2N1C. The zero-order valence-corrected chi connectivity index (χ0v) is 22.2. The smallest absolute Gasteiger partial charge is 0.241 e. The monoisotopic (exact) mass is 514 g/mol. The Hall–Kier alpha value is -3.37. The molecule has 3 N–H and O–H groups in total. The zero-order valence-electron chi connectivity index (χ0n) is 22.2. The number of phenolic OH excluding ortho intramolecular Hbond substituents is 2. The third-order valence-corrected chi connectivity index (χ3v) is 8.55. The van der Waals surface area contributed by atoms with E-state index in [1.54, 1.807) is 12.0 Å². The van der Waals surface area contributed by atoms with Gasteiger partial charge in [0.15, 0.2) is 11.5 Å². The topological polar surface area (TPSA) is 121 Å². The van der Waals surface area contributed by atoms with E-state index in [4.69, 9.17) is 18.9 Å². The van der Waals surface area contributed by atoms with E-state index in [0.29, 0.717) is 45.7 Å². The number of amides is 1. The number of ether oxygens (including phenoxy) is 4. The van der Waals surface area contributed by atoms with Crippen molar-refractivity contribution in [1.82, 2.24) is 9.80 Å². The lowest BCUT2D eigenvalue weighted by Crippen LogP contribution is -2.67. The number of carbonyl (C=O) groups excluding carboxylic acids is 1. The summed E-state index contributed by atoms with van der Waals surface area (Å²) in [5, 5.41) is 33.3. The van der Waals surface area contributed by atoms with Crippen LogP contribution < -0.4 is 18.9 Å². The van der Waals surface area contributed by atoms with Crippen LogP contribution in [0.25, 0.3) is 0 Å². The van der Waals surface area contributed by atoms with Crippen molar-refractivity contribution in [3.05, 3.63) is 33.4 Å². The molecule has 1 amide bonds. The van der Waals surface area contributed by atoms with Gasteiger partial charge in [-0.25, -0.2) is 0 Å². The zero-order chi connectivity index (χ0) is 26.9. The van der Waals surface area contributed by atoms with Crippen LogP contribution in [0, 0.1) is 13.8 Å². The molecule has 1 fully saturated rings. The molecule has 2 bridgehead atoms. The number of hydrogen-bond acceptors (Lipinski definition) is 9. The Balaban J connectivity index is 1.80. The molecule has 3 aliphatic rings. The second-order valence-electron chi connectivity index (χ2n) is 9.91. The molecule has 2 aromatic rings. The fourth-order valence-corrected chi connectivity index (χ4v) is 6.78. The summed E-state index contributed by atoms with van der Waals surface area (Å²) in [6.45, 7) is 3.34. The van der Waals surface area contributed by atoms with E-state index < -0.39 is 24.2 Å². The van der Waals surface area contributed by atoms with Gasteiger partial charge in [0.25, 0.3) is 0 Å². The van der Waals surface area contributed by atoms with Gasteiger partial charge in [0, 0.05) is 28.7 Å². The Bertz CT molecular complexity index is 1290. The minimum atomic E-state index is -0.717. The van der Waals surface area contributed by atoms with Crippen molar-refractivity contribution in [3.8, 4) is 34.5 Å². The lowest BCUT2D eigenvalue weighted by molar-refractivity contribution is -0.158. The van der Waals surface area contributed by atoms with Gasteiger partial charge in [0.1, 0.15) is 11.5 Å². The largest absolute Gasteiger partial charge is 0.507 e. The van der Waals surface area contributed by atoms with E-state index in [-0.39, 0.29) is 41.9 Å². The molecular formula is C27H34N2O8. The Morgan fingerprint density at radius 1 is 0.811 bits per heavy atom. The third kappa shape index (κ3) is 3.15. The normalized spacial score (nSPS) is 24.2. The summed E-state index contributed by atoms with van der Waals surface area (Å²) in [4.78, 5) is 17.8. The minimum Gasteiger partial charge on any atom is -0.507 e. The molecule has 3 heterocycles. The van der Waals surface area contributed by atoms with Gasteiger partial charge in [-0.05, 0) is 38.4 Å². The van der Waals surface area contributed by atoms with Gasteiger partial charge in [-0.1, -0.05) is 0 Å². The predicted molar refractivity (Wildman–Crippen MR) is 134 cm³/mol. The van der Waals surface area contributed by atoms with Crippen LogP contribution in [-0.4, -0.2) is 85.2 Å². The summed E-state index contributed by atoms with van der Waals surface area (Å²) in [6, 6.07) is -2.23. The number of aliphatic hydroxyl groups is 1. The fraction of sp³-hybridized carbons (Fsp3) is 0.519. The molecule has 10 nitrogen and oxygen atoms in total. The second kappa shape index (κ2) is 8.88. The van der Waals surface area contributed by atoms with E-state index in [0.717, 1.165) is 5.56 Å². The molecule has 1 saturated heterocycles. The molecule has 5 rings (SSSR count). The number of hydrogen-bond donors (Lipinski definition) is 3. The highest BCUT2D eigenvalue weighted by molar-refractivity contribution is 5.87. The van der Waals surface area contributed by atoms with Crippen molar-refractivity contribution >= 4 is 5.91 Å². The van der Waals surface area contributed by atoms with Crippen LogP contribution in [-0.2, 0) is 17.6 Å². The van der Waals surface area contributed by atoms with Crippen LogP contribution in [0.1, 0.15) is 45.5 Å². The number of fused-ring (bicyclic) bond motifs is 7. The Morgan fingerprint density at radius 2 is 1.43 bits per heavy atom. The predicted octanol–water partition coefficient (Wildman–Crippen LogP) is 2.15. The van der Waals surface area contributed by atoms with E-state index in [9.17, 15) is 20.1 Å². The summed E-state index contributed by atoms with van der Waals surface area (Å²) in [6.07, 6.45) is 0.583. The number of methoxy groups -OCH3 is 4. The lowest BCUT2D eigenvalue weighted by Gasteiger charge is -2.57. The molecule has 0 spiro atoms. The van der Waals surface area contributed by atoms with Gasteiger partial charge in [-0.2, -0.15) is 0 Å². The molecule has 0 radical (unpaired) electrons. The van der Waals surface area contributed by atoms with Crippen molar-refractivity contribution in [2.24, 2.45) is 0 Å². The third-order valence-electron chi connectivity index (χ3n) is 8.55. The molecule has 0 aliphatic carbocycles. The molecule has 2 aromatic carbocycles. The fourth-order valence-electron chi connectivity index (χ4n) is 6.78. The van der Waals surface area contributed by atoms with Gasteiger partial charge in [0.05, 0.1) is 59.2 Å². The second-order valence-corrected chi connectivity index (χ2v) is 9.91. The van der Waals surface area contributed by atoms with Crippen molar-refractivity contribution in [2.75, 3.05) is 42.1 Å². The standard InChI is InChI=1S/C27H34N2O8/c1-11-12(2)23(34-4)18-13(21(11)31)8-15-20-19-14(24(35-5)26(37-7)25(36-6)22(19)32)9-16(28(20)3)27(33)29(15)17(18)10-30/h15-17,20,30-32H,8-10H2,1-7H3/t15-,16-,17-,20-/m0/s1. The number of aliphatic hydroxyl groups excluding tert-OH is 1. The molecular weight excluding hydrogens is 480 g/mol. The van der Waals surface area contributed by atoms with Crippen LogP contribution >= 0.6 is 0 Å². The van der Waals surface area contributed by atoms with Crippen LogP contribution in [0.3, 0.4) is 0 Å². The first-order valence-electron chi connectivity index (χ1n) is 12.3. The first-order chi connectivity index (χ1) is 17.7. The average Bonchev–Trinajstić information content (AvgIpc) is 2.89. The summed E-state index contributed by atoms with van der Waals surface area (Å²) in [5.74, 6) is 1.32. The van der Waals surface area contributed by atoms with Crippen LogP contribution in [0.15, 0.2) is 0 Å². The van der Waals surface area contributed by atoms with E-state index in [1.807, 2.05) is 25.8 Å². The average molecular weight is 515 g/mol. The van der Waals surface area contributed by atoms with Gasteiger partial charge in [0.2, 0.25) is 17.4 Å². The first-order valence-corrected chi connectivity index (χ1v) is 12.3. The maximum atomic E-state index is 14.1. The molecule has 10 heteroatoms. The number of piperazine rings is 1. The van der Waals surface area contributed by atoms with Gasteiger partial charge < -0.3 is 39.2 Å². The summed E-state index contributed by atoms with van der Waals surface area (Å²) < 4.78 is 22.5. The number of benzene rings is 2. The van der Waals surface area contributed by atoms with Crippen molar-refractivity contribution in [2.45, 2.75) is 50.9 Å². The van der Waals surface area contributed by atoms with Crippen LogP contribution in [0.5, 0.6) is 34.5 Å². The number of phenols is 2. The van der Waals surface area contributed by atoms with Crippen LogP contribution in [0.4, 0.5) is 0 Å². The number of likely N-dealkylation sites (N-methyl/N-ethyl adjacent to an activating group) is 1. The summed E-state index contributed by atoms with van der Waals surface area (Å²) >= 11 is 0. The Kier molecular flexibility index (Phi) is 6.07. The highest BCUT2D eigenvalue weighted by atomic mass is 16.5. The quantitative estimate of drug-likeness (QED) is 0.551. The number of carbonyl (C=O) groups is 1. The van der Waals surface area contributed by atoms with E-state index in [2.05, 4.69) is 0 Å². The number of nitrogens with zero attached hydrogens (tertiary/aromatic N) is 2. The molecule has 3 aliphatic heterocycles. The first kappa shape index (κ1) is 25.3. The van der Waals surface area contributed by atoms with Crippen molar-refractivity contribution in [3.63, 3.8) is 0 Å². The van der Waals surface area contributed by atoms with Gasteiger partial charge in [-0.3, -0.25) is 9.69 Å². The molecule has 4 atom stereocenters. The Morgan fingerprint density at radius 3 is 2.00 bits per heavy atom. The number of aromatic hydroxyl groups is 2. The van der Waals surface area contributed by atoms with Crippen LogP contribution in [0.2, 0.25) is 0 Å². The van der Waals surface area contributed by atoms with Crippen molar-refractivity contribution in [1.29, 1.82) is 0 Å². The molecule has 37 heavy (non-hydrogen) atoms. The number of rotatable bonds is 5. The highest BCUT2D eigenvalue weighted by Crippen LogP contribution is 2.58. The molecule has 0 saturated carbocycles. The van der Waals surface area contributed by atoms with E-state index >= 15 is 0 Å². The highest BCUT2D eigenvalue weighted by Gasteiger charge is 2.56. The maximum Gasteiger partial charge on any atom is 0.241 e. The lowest BCUT2D eigenvalue weighted by atomic mass is 9.73. The van der Waals surface area contributed by atoms with E-state index in [1.165, 1.54) is 21.3 Å². The van der Waals surface area contributed by atoms with Gasteiger partial charge >= 0.3 is 0 Å². The Labute approximate surface area is 215 Å². The molecule has 200 valence electrons. The summed E-state index contributed by atoms with van der Waals surface area (Å²) in [7, 11) is 7.86. The minimum absolute atomic E-state index is 0.0759. The molecule has 0 unspecified atom stereocenters. The molecule has 0 aromatic heterocycles. The maximum absolute atomic E-state index is 14.1.